The minimum absolute atomic E-state index is 0.00844. The maximum Gasteiger partial charge on any atom is 0.421 e. The highest BCUT2D eigenvalue weighted by molar-refractivity contribution is 5.87. The Labute approximate surface area is 248 Å². The number of likely N-dealkylation sites (N-methyl/N-ethyl adjacent to an activating group) is 1. The Kier molecular flexibility index (Phi) is 8.78. The third kappa shape index (κ3) is 6.39. The lowest BCUT2D eigenvalue weighted by Crippen LogP contribution is -2.56. The summed E-state index contributed by atoms with van der Waals surface area (Å²) in [5.41, 5.74) is -0.267. The minimum atomic E-state index is -4.86. The molecule has 230 valence electrons. The number of benzene rings is 1. The number of hydrogen-bond acceptors (Lipinski definition) is 7. The third-order valence-electron chi connectivity index (χ3n) is 8.48. The van der Waals surface area contributed by atoms with Crippen molar-refractivity contribution in [2.24, 2.45) is 5.92 Å². The van der Waals surface area contributed by atoms with Gasteiger partial charge in [0.05, 0.1) is 17.9 Å². The van der Waals surface area contributed by atoms with Crippen LogP contribution in [0, 0.1) is 18.3 Å². The van der Waals surface area contributed by atoms with E-state index in [1.165, 1.54) is 23.1 Å². The van der Waals surface area contributed by atoms with Crippen molar-refractivity contribution in [2.45, 2.75) is 44.6 Å². The summed E-state index contributed by atoms with van der Waals surface area (Å²) >= 11 is 0. The van der Waals surface area contributed by atoms with Crippen LogP contribution in [0.15, 0.2) is 30.9 Å². The van der Waals surface area contributed by atoms with Gasteiger partial charge in [-0.1, -0.05) is 19.6 Å². The molecule has 2 fully saturated rings. The van der Waals surface area contributed by atoms with E-state index >= 15 is 0 Å². The molecular formula is C30H35F4N7O2. The van der Waals surface area contributed by atoms with Crippen molar-refractivity contribution in [3.8, 4) is 6.01 Å². The molecule has 3 aliphatic heterocycles. The topological polar surface area (TPSA) is 69.4 Å². The number of rotatable bonds is 7. The van der Waals surface area contributed by atoms with Crippen molar-refractivity contribution in [3.63, 3.8) is 0 Å². The number of nitrogens with zero attached hydrogens (tertiary/aromatic N) is 7. The molecule has 0 N–H and O–H groups in total. The van der Waals surface area contributed by atoms with Crippen molar-refractivity contribution in [2.75, 3.05) is 62.7 Å². The van der Waals surface area contributed by atoms with E-state index < -0.39 is 17.6 Å². The Balaban J connectivity index is 1.49. The zero-order chi connectivity index (χ0) is 30.9. The van der Waals surface area contributed by atoms with Gasteiger partial charge < -0.3 is 24.3 Å². The fourth-order valence-electron chi connectivity index (χ4n) is 6.42. The fraction of sp³-hybridized carbons (Fsp3) is 0.533. The second-order valence-electron chi connectivity index (χ2n) is 11.5. The van der Waals surface area contributed by atoms with Crippen LogP contribution < -0.4 is 14.5 Å². The number of alkyl halides is 3. The maximum atomic E-state index is 14.4. The second-order valence-corrected chi connectivity index (χ2v) is 11.5. The molecule has 13 heteroatoms. The van der Waals surface area contributed by atoms with Crippen LogP contribution in [0.5, 0.6) is 6.01 Å². The normalized spacial score (nSPS) is 22.7. The number of aromatic nitrogens is 2. The average Bonchev–Trinajstić information content (AvgIpc) is 3.30. The van der Waals surface area contributed by atoms with Crippen molar-refractivity contribution >= 4 is 17.4 Å². The van der Waals surface area contributed by atoms with Crippen molar-refractivity contribution in [1.82, 2.24) is 19.8 Å². The van der Waals surface area contributed by atoms with Crippen molar-refractivity contribution < 1.29 is 27.1 Å². The van der Waals surface area contributed by atoms with E-state index in [0.29, 0.717) is 50.1 Å². The van der Waals surface area contributed by atoms with Crippen LogP contribution in [-0.4, -0.2) is 90.7 Å². The largest absolute Gasteiger partial charge is 0.462 e. The number of hydrogen-bond donors (Lipinski definition) is 0. The number of anilines is 2. The van der Waals surface area contributed by atoms with Crippen LogP contribution in [-0.2, 0) is 23.9 Å². The lowest BCUT2D eigenvalue weighted by molar-refractivity contribution is -0.139. The molecule has 2 aromatic rings. The quantitative estimate of drug-likeness (QED) is 0.270. The second kappa shape index (κ2) is 12.4. The number of amides is 1. The van der Waals surface area contributed by atoms with E-state index in [9.17, 15) is 22.4 Å². The Morgan fingerprint density at radius 2 is 1.98 bits per heavy atom. The van der Waals surface area contributed by atoms with Gasteiger partial charge in [0.2, 0.25) is 12.5 Å². The third-order valence-corrected chi connectivity index (χ3v) is 8.48. The molecule has 43 heavy (non-hydrogen) atoms. The van der Waals surface area contributed by atoms with Crippen LogP contribution in [0.3, 0.4) is 0 Å². The van der Waals surface area contributed by atoms with Gasteiger partial charge in [0.1, 0.15) is 29.8 Å². The summed E-state index contributed by atoms with van der Waals surface area (Å²) in [6.45, 7) is 15.9. The number of fused-ring (bicyclic) bond motifs is 1. The molecule has 1 unspecified atom stereocenters. The Bertz CT molecular complexity index is 1410. The molecule has 3 aliphatic rings. The van der Waals surface area contributed by atoms with E-state index in [1.54, 1.807) is 4.90 Å². The van der Waals surface area contributed by atoms with Crippen LogP contribution in [0.1, 0.15) is 30.2 Å². The smallest absolute Gasteiger partial charge is 0.421 e. The minimum Gasteiger partial charge on any atom is -0.462 e. The summed E-state index contributed by atoms with van der Waals surface area (Å²) in [7, 11) is 2.04. The van der Waals surface area contributed by atoms with Gasteiger partial charge in [-0.05, 0) is 44.0 Å². The highest BCUT2D eigenvalue weighted by Crippen LogP contribution is 2.40. The number of carbonyl (C=O) groups excluding carboxylic acids is 1. The van der Waals surface area contributed by atoms with Crippen LogP contribution >= 0.6 is 0 Å². The molecule has 0 aliphatic carbocycles. The Morgan fingerprint density at radius 3 is 2.65 bits per heavy atom. The highest BCUT2D eigenvalue weighted by atomic mass is 19.4. The summed E-state index contributed by atoms with van der Waals surface area (Å²) in [5.74, 6) is -0.460. The SMILES string of the molecule is [C-]#[N+]CC1CN(c2nc(OC[C@H]3C[C@@H](C)CN3C)nc3c2CCN(c2cccc(F)c2C(F)(F)F)C3)CCN1C(=O)C=C. The van der Waals surface area contributed by atoms with Gasteiger partial charge in [-0.2, -0.15) is 23.1 Å². The van der Waals surface area contributed by atoms with Gasteiger partial charge in [0, 0.05) is 44.3 Å². The number of piperazine rings is 1. The molecule has 9 nitrogen and oxygen atoms in total. The molecule has 1 aromatic carbocycles. The van der Waals surface area contributed by atoms with E-state index in [2.05, 4.69) is 28.2 Å². The first-order chi connectivity index (χ1) is 20.5. The molecule has 0 saturated carbocycles. The molecule has 0 radical (unpaired) electrons. The average molecular weight is 602 g/mol. The molecule has 5 rings (SSSR count). The Morgan fingerprint density at radius 1 is 1.19 bits per heavy atom. The predicted octanol–water partition coefficient (Wildman–Crippen LogP) is 4.04. The van der Waals surface area contributed by atoms with Crippen molar-refractivity contribution in [1.29, 1.82) is 0 Å². The van der Waals surface area contributed by atoms with E-state index in [0.717, 1.165) is 24.6 Å². The fourth-order valence-corrected chi connectivity index (χ4v) is 6.42. The number of ether oxygens (including phenoxy) is 1. The predicted molar refractivity (Wildman–Crippen MR) is 153 cm³/mol. The van der Waals surface area contributed by atoms with Crippen molar-refractivity contribution in [3.05, 3.63) is 64.9 Å². The molecule has 0 spiro atoms. The van der Waals surface area contributed by atoms with Crippen LogP contribution in [0.4, 0.5) is 29.1 Å². The molecular weight excluding hydrogens is 566 g/mol. The number of carbonyl (C=O) groups is 1. The monoisotopic (exact) mass is 601 g/mol. The van der Waals surface area contributed by atoms with Gasteiger partial charge in [0.25, 0.3) is 0 Å². The summed E-state index contributed by atoms with van der Waals surface area (Å²) in [5, 5.41) is 0. The molecule has 0 bridgehead atoms. The highest BCUT2D eigenvalue weighted by Gasteiger charge is 2.40. The molecule has 2 saturated heterocycles. The first-order valence-electron chi connectivity index (χ1n) is 14.3. The van der Waals surface area contributed by atoms with Crippen LogP contribution in [0.25, 0.3) is 4.85 Å². The molecule has 1 aromatic heterocycles. The zero-order valence-corrected chi connectivity index (χ0v) is 24.3. The summed E-state index contributed by atoms with van der Waals surface area (Å²) < 4.78 is 62.2. The van der Waals surface area contributed by atoms with E-state index in [4.69, 9.17) is 16.3 Å². The lowest BCUT2D eigenvalue weighted by Gasteiger charge is -2.41. The summed E-state index contributed by atoms with van der Waals surface area (Å²) in [6, 6.07) is 3.27. The maximum absolute atomic E-state index is 14.4. The number of halogens is 4. The zero-order valence-electron chi connectivity index (χ0n) is 24.3. The first kappa shape index (κ1) is 30.5. The van der Waals surface area contributed by atoms with Crippen LogP contribution in [0.2, 0.25) is 0 Å². The van der Waals surface area contributed by atoms with Gasteiger partial charge in [0.15, 0.2) is 0 Å². The molecule has 4 heterocycles. The van der Waals surface area contributed by atoms with Gasteiger partial charge in [-0.25, -0.2) is 11.0 Å². The van der Waals surface area contributed by atoms with Gasteiger partial charge >= 0.3 is 12.2 Å². The van der Waals surface area contributed by atoms with E-state index in [-0.39, 0.29) is 49.3 Å². The van der Waals surface area contributed by atoms with E-state index in [1.807, 2.05) is 11.9 Å². The standard InChI is InChI=1S/C30H35F4N7O2/c1-5-26(42)41-12-11-40(16-21(41)14-35-3)28-22-9-10-39(25-8-6-7-23(31)27(25)30(32,33)34)17-24(22)36-29(37-28)43-18-20-13-19(2)15-38(20)4/h5-8,19-21H,1,9-18H2,2,4H3/t19-,20-,21?/m1/s1. The lowest BCUT2D eigenvalue weighted by atomic mass is 10.0. The summed E-state index contributed by atoms with van der Waals surface area (Å²) in [4.78, 5) is 32.8. The van der Waals surface area contributed by atoms with Gasteiger partial charge in [-0.3, -0.25) is 9.69 Å². The molecule has 1 amide bonds. The Hall–Kier alpha value is -3.92. The molecule has 3 atom stereocenters. The summed E-state index contributed by atoms with van der Waals surface area (Å²) in [6.07, 6.45) is -2.35. The number of likely N-dealkylation sites (tertiary alicyclic amines) is 1. The van der Waals surface area contributed by atoms with Gasteiger partial charge in [-0.15, -0.1) is 0 Å². The first-order valence-corrected chi connectivity index (χ1v) is 14.3.